The van der Waals surface area contributed by atoms with Crippen LogP contribution in [0.1, 0.15) is 35.0 Å². The summed E-state index contributed by atoms with van der Waals surface area (Å²) in [5.74, 6) is 0.464. The van der Waals surface area contributed by atoms with E-state index in [4.69, 9.17) is 0 Å². The van der Waals surface area contributed by atoms with E-state index >= 15 is 0 Å². The maximum absolute atomic E-state index is 12.7. The molecule has 2 aromatic heterocycles. The van der Waals surface area contributed by atoms with Gasteiger partial charge in [-0.15, -0.1) is 0 Å². The predicted octanol–water partition coefficient (Wildman–Crippen LogP) is 4.25. The van der Waals surface area contributed by atoms with Crippen LogP contribution >= 0.6 is 0 Å². The second kappa shape index (κ2) is 7.59. The zero-order chi connectivity index (χ0) is 20.6. The first-order valence-corrected chi connectivity index (χ1v) is 9.61. The third-order valence-electron chi connectivity index (χ3n) is 5.38. The van der Waals surface area contributed by atoms with E-state index in [9.17, 15) is 13.2 Å². The van der Waals surface area contributed by atoms with Crippen LogP contribution in [0.3, 0.4) is 0 Å². The molecule has 8 heteroatoms. The lowest BCUT2D eigenvalue weighted by Crippen LogP contribution is -2.31. The minimum absolute atomic E-state index is 0.464. The van der Waals surface area contributed by atoms with Crippen molar-refractivity contribution in [2.75, 3.05) is 6.54 Å². The highest BCUT2D eigenvalue weighted by atomic mass is 19.4. The number of hydrogen-bond acceptors (Lipinski definition) is 4. The summed E-state index contributed by atoms with van der Waals surface area (Å²) in [7, 11) is 0. The van der Waals surface area contributed by atoms with Gasteiger partial charge in [-0.05, 0) is 26.0 Å². The fourth-order valence-electron chi connectivity index (χ4n) is 3.66. The quantitative estimate of drug-likeness (QED) is 0.656. The molecule has 0 radical (unpaired) electrons. The topological polar surface area (TPSA) is 46.8 Å². The van der Waals surface area contributed by atoms with E-state index in [1.807, 2.05) is 10.9 Å². The first-order chi connectivity index (χ1) is 13.8. The lowest BCUT2D eigenvalue weighted by molar-refractivity contribution is -0.137. The lowest BCUT2D eigenvalue weighted by Gasteiger charge is -2.28. The molecule has 0 atom stereocenters. The van der Waals surface area contributed by atoms with Crippen LogP contribution in [0.25, 0.3) is 11.4 Å². The van der Waals surface area contributed by atoms with Crippen molar-refractivity contribution in [3.8, 4) is 11.4 Å². The molecule has 29 heavy (non-hydrogen) atoms. The van der Waals surface area contributed by atoms with Gasteiger partial charge < -0.3 is 0 Å². The molecule has 3 heterocycles. The Hall–Kier alpha value is -2.74. The molecule has 0 saturated carbocycles. The zero-order valence-electron chi connectivity index (χ0n) is 16.4. The molecule has 0 unspecified atom stereocenters. The second-order valence-electron chi connectivity index (χ2n) is 7.27. The lowest BCUT2D eigenvalue weighted by atomic mass is 10.1. The Bertz CT molecular complexity index is 1010. The van der Waals surface area contributed by atoms with Crippen molar-refractivity contribution in [3.05, 3.63) is 64.7 Å². The Balaban J connectivity index is 1.49. The van der Waals surface area contributed by atoms with Gasteiger partial charge in [0, 0.05) is 61.2 Å². The Morgan fingerprint density at radius 1 is 1.10 bits per heavy atom. The summed E-state index contributed by atoms with van der Waals surface area (Å²) < 4.78 is 40.2. The Labute approximate surface area is 167 Å². The van der Waals surface area contributed by atoms with Gasteiger partial charge in [-0.2, -0.15) is 18.3 Å². The third-order valence-corrected chi connectivity index (χ3v) is 5.38. The molecule has 3 aromatic rings. The van der Waals surface area contributed by atoms with Crippen LogP contribution in [-0.2, 0) is 32.2 Å². The summed E-state index contributed by atoms with van der Waals surface area (Å²) in [5.41, 5.74) is 4.35. The summed E-state index contributed by atoms with van der Waals surface area (Å²) in [5, 5.41) is 4.41. The summed E-state index contributed by atoms with van der Waals surface area (Å²) in [6.07, 6.45) is 0.166. The SMILES string of the molecule is CCn1ncc(CN2CCc3nc(-c4ccc(C(F)(F)F)cc4)ncc3C2)c1C. The molecule has 0 amide bonds. The normalized spacial score (nSPS) is 14.8. The second-order valence-corrected chi connectivity index (χ2v) is 7.27. The summed E-state index contributed by atoms with van der Waals surface area (Å²) in [6, 6.07) is 4.99. The minimum Gasteiger partial charge on any atom is -0.294 e. The molecule has 0 bridgehead atoms. The standard InChI is InChI=1S/C21H22F3N5/c1-3-29-14(2)16(11-26-29)12-28-9-8-19-17(13-28)10-25-20(27-19)15-4-6-18(7-5-15)21(22,23)24/h4-7,10-11H,3,8-9,12-13H2,1-2H3. The third kappa shape index (κ3) is 4.03. The molecule has 0 spiro atoms. The van der Waals surface area contributed by atoms with Crippen molar-refractivity contribution < 1.29 is 13.2 Å². The Kier molecular flexibility index (Phi) is 5.12. The average Bonchev–Trinajstić information content (AvgIpc) is 3.06. The number of aromatic nitrogens is 4. The molecule has 4 rings (SSSR count). The van der Waals surface area contributed by atoms with Gasteiger partial charge in [0.2, 0.25) is 0 Å². The van der Waals surface area contributed by atoms with Gasteiger partial charge in [-0.1, -0.05) is 12.1 Å². The van der Waals surface area contributed by atoms with Crippen LogP contribution in [0.5, 0.6) is 0 Å². The maximum Gasteiger partial charge on any atom is 0.416 e. The van der Waals surface area contributed by atoms with Gasteiger partial charge in [0.05, 0.1) is 17.5 Å². The summed E-state index contributed by atoms with van der Waals surface area (Å²) in [4.78, 5) is 11.4. The van der Waals surface area contributed by atoms with Crippen LogP contribution in [0.4, 0.5) is 13.2 Å². The smallest absolute Gasteiger partial charge is 0.294 e. The van der Waals surface area contributed by atoms with Gasteiger partial charge in [-0.3, -0.25) is 9.58 Å². The Morgan fingerprint density at radius 3 is 2.52 bits per heavy atom. The number of halogens is 3. The van der Waals surface area contributed by atoms with Crippen LogP contribution in [0, 0.1) is 6.92 Å². The van der Waals surface area contributed by atoms with Crippen LogP contribution < -0.4 is 0 Å². The molecule has 1 aromatic carbocycles. The number of hydrogen-bond donors (Lipinski definition) is 0. The monoisotopic (exact) mass is 401 g/mol. The van der Waals surface area contributed by atoms with Crippen LogP contribution in [-0.4, -0.2) is 31.2 Å². The average molecular weight is 401 g/mol. The minimum atomic E-state index is -4.34. The first kappa shape index (κ1) is 19.6. The molecule has 0 saturated heterocycles. The van der Waals surface area contributed by atoms with Crippen LogP contribution in [0.2, 0.25) is 0 Å². The number of alkyl halides is 3. The van der Waals surface area contributed by atoms with Crippen molar-refractivity contribution in [2.24, 2.45) is 0 Å². The number of aryl methyl sites for hydroxylation is 1. The zero-order valence-corrected chi connectivity index (χ0v) is 16.4. The van der Waals surface area contributed by atoms with Crippen molar-refractivity contribution in [3.63, 3.8) is 0 Å². The number of benzene rings is 1. The number of fused-ring (bicyclic) bond motifs is 1. The number of nitrogens with zero attached hydrogens (tertiary/aromatic N) is 5. The molecular formula is C21H22F3N5. The fourth-order valence-corrected chi connectivity index (χ4v) is 3.66. The predicted molar refractivity (Wildman–Crippen MR) is 103 cm³/mol. The molecule has 1 aliphatic rings. The van der Waals surface area contributed by atoms with E-state index in [-0.39, 0.29) is 0 Å². The van der Waals surface area contributed by atoms with Crippen molar-refractivity contribution >= 4 is 0 Å². The van der Waals surface area contributed by atoms with Crippen molar-refractivity contribution in [1.82, 2.24) is 24.6 Å². The van der Waals surface area contributed by atoms with E-state index < -0.39 is 11.7 Å². The van der Waals surface area contributed by atoms with Crippen LogP contribution in [0.15, 0.2) is 36.7 Å². The molecule has 152 valence electrons. The first-order valence-electron chi connectivity index (χ1n) is 9.61. The van der Waals surface area contributed by atoms with E-state index in [1.165, 1.54) is 23.4 Å². The van der Waals surface area contributed by atoms with Gasteiger partial charge in [0.15, 0.2) is 5.82 Å². The molecular weight excluding hydrogens is 379 g/mol. The van der Waals surface area contributed by atoms with E-state index in [2.05, 4.69) is 33.8 Å². The highest BCUT2D eigenvalue weighted by Gasteiger charge is 2.30. The van der Waals surface area contributed by atoms with Gasteiger partial charge in [0.1, 0.15) is 0 Å². The summed E-state index contributed by atoms with van der Waals surface area (Å²) >= 11 is 0. The van der Waals surface area contributed by atoms with E-state index in [1.54, 1.807) is 6.20 Å². The molecule has 5 nitrogen and oxygen atoms in total. The highest BCUT2D eigenvalue weighted by molar-refractivity contribution is 5.56. The number of rotatable bonds is 4. The van der Waals surface area contributed by atoms with E-state index in [0.29, 0.717) is 11.4 Å². The molecule has 0 aliphatic carbocycles. The van der Waals surface area contributed by atoms with Crippen molar-refractivity contribution in [2.45, 2.75) is 46.1 Å². The maximum atomic E-state index is 12.7. The molecule has 0 fully saturated rings. The van der Waals surface area contributed by atoms with Gasteiger partial charge in [-0.25, -0.2) is 9.97 Å². The van der Waals surface area contributed by atoms with Gasteiger partial charge >= 0.3 is 6.18 Å². The van der Waals surface area contributed by atoms with Crippen molar-refractivity contribution in [1.29, 1.82) is 0 Å². The summed E-state index contributed by atoms with van der Waals surface area (Å²) in [6.45, 7) is 7.46. The molecule has 1 aliphatic heterocycles. The molecule has 0 N–H and O–H groups in total. The van der Waals surface area contributed by atoms with Gasteiger partial charge in [0.25, 0.3) is 0 Å². The largest absolute Gasteiger partial charge is 0.416 e. The Morgan fingerprint density at radius 2 is 1.86 bits per heavy atom. The fraction of sp³-hybridized carbons (Fsp3) is 0.381. The highest BCUT2D eigenvalue weighted by Crippen LogP contribution is 2.30. The van der Waals surface area contributed by atoms with E-state index in [0.717, 1.165) is 56.0 Å².